The summed E-state index contributed by atoms with van der Waals surface area (Å²) < 4.78 is 34.3. The van der Waals surface area contributed by atoms with Crippen molar-refractivity contribution in [3.8, 4) is 28.7 Å². The molecule has 0 spiro atoms. The Morgan fingerprint density at radius 1 is 0.968 bits per heavy atom. The summed E-state index contributed by atoms with van der Waals surface area (Å²) in [5.41, 5.74) is 5.11. The summed E-state index contributed by atoms with van der Waals surface area (Å²) in [6.07, 6.45) is -0.564. The molecule has 31 heavy (non-hydrogen) atoms. The zero-order valence-corrected chi connectivity index (χ0v) is 16.5. The first-order valence-electron chi connectivity index (χ1n) is 9.74. The topological polar surface area (TPSA) is 47.6 Å². The van der Waals surface area contributed by atoms with Crippen LogP contribution in [0.1, 0.15) is 22.6 Å². The lowest BCUT2D eigenvalue weighted by Crippen LogP contribution is -2.26. The van der Waals surface area contributed by atoms with Crippen molar-refractivity contribution in [1.82, 2.24) is 5.32 Å². The largest absolute Gasteiger partial charge is 0.449 e. The van der Waals surface area contributed by atoms with E-state index in [1.807, 2.05) is 24.3 Å². The van der Waals surface area contributed by atoms with Crippen LogP contribution in [0.5, 0.6) is 5.75 Å². The van der Waals surface area contributed by atoms with Crippen molar-refractivity contribution in [1.29, 1.82) is 0 Å². The van der Waals surface area contributed by atoms with Gasteiger partial charge in [0, 0.05) is 11.5 Å². The van der Waals surface area contributed by atoms with Crippen molar-refractivity contribution in [3.05, 3.63) is 89.5 Å². The fourth-order valence-corrected chi connectivity index (χ4v) is 3.66. The van der Waals surface area contributed by atoms with Crippen LogP contribution in [0, 0.1) is 11.8 Å². The molecule has 0 heterocycles. The molecule has 156 valence electrons. The van der Waals surface area contributed by atoms with Gasteiger partial charge in [-0.3, -0.25) is 0 Å². The summed E-state index contributed by atoms with van der Waals surface area (Å²) >= 11 is 0. The molecule has 0 unspecified atom stereocenters. The number of alkyl halides is 2. The molecule has 4 nitrogen and oxygen atoms in total. The summed E-state index contributed by atoms with van der Waals surface area (Å²) in [4.78, 5) is 12.1. The monoisotopic (exact) mass is 419 g/mol. The standard InChI is InChI=1S/C25H19F2NO3/c26-24(27)31-18-9-5-7-17(15-18)8-6-14-28-25(29)30-16-23-21-12-3-1-10-19(21)20-11-2-4-13-22(20)23/h1-5,7,9-13,15,23-24H,14,16H2,(H,28,29). The molecule has 1 N–H and O–H groups in total. The molecule has 0 fully saturated rings. The Labute approximate surface area is 178 Å². The van der Waals surface area contributed by atoms with E-state index in [1.54, 1.807) is 12.1 Å². The highest BCUT2D eigenvalue weighted by atomic mass is 19.3. The number of nitrogens with one attached hydrogen (secondary N) is 1. The Morgan fingerprint density at radius 3 is 2.32 bits per heavy atom. The van der Waals surface area contributed by atoms with Crippen LogP contribution in [0.3, 0.4) is 0 Å². The van der Waals surface area contributed by atoms with Gasteiger partial charge in [-0.2, -0.15) is 8.78 Å². The number of benzene rings is 3. The van der Waals surface area contributed by atoms with Crippen molar-refractivity contribution in [2.75, 3.05) is 13.2 Å². The van der Waals surface area contributed by atoms with Gasteiger partial charge in [-0.1, -0.05) is 66.4 Å². The van der Waals surface area contributed by atoms with Gasteiger partial charge in [-0.25, -0.2) is 4.79 Å². The first-order valence-corrected chi connectivity index (χ1v) is 9.74. The van der Waals surface area contributed by atoms with E-state index in [0.29, 0.717) is 5.56 Å². The number of carbonyl (C=O) groups excluding carboxylic acids is 1. The molecular weight excluding hydrogens is 400 g/mol. The second-order valence-corrected chi connectivity index (χ2v) is 6.89. The molecule has 6 heteroatoms. The zero-order chi connectivity index (χ0) is 21.6. The van der Waals surface area contributed by atoms with Gasteiger partial charge in [0.25, 0.3) is 0 Å². The van der Waals surface area contributed by atoms with E-state index in [4.69, 9.17) is 4.74 Å². The fourth-order valence-electron chi connectivity index (χ4n) is 3.66. The number of alkyl carbamates (subject to hydrolysis) is 1. The Bertz CT molecular complexity index is 1100. The maximum atomic E-state index is 12.3. The number of amides is 1. The maximum absolute atomic E-state index is 12.3. The molecule has 0 radical (unpaired) electrons. The molecule has 3 aromatic carbocycles. The summed E-state index contributed by atoms with van der Waals surface area (Å²) in [6, 6.07) is 22.3. The van der Waals surface area contributed by atoms with Crippen LogP contribution in [-0.4, -0.2) is 25.9 Å². The Hall–Kier alpha value is -3.85. The van der Waals surface area contributed by atoms with E-state index in [2.05, 4.69) is 46.2 Å². The van der Waals surface area contributed by atoms with Gasteiger partial charge in [0.05, 0.1) is 6.54 Å². The molecule has 0 aromatic heterocycles. The molecule has 0 atom stereocenters. The molecule has 0 bridgehead atoms. The van der Waals surface area contributed by atoms with Crippen molar-refractivity contribution < 1.29 is 23.0 Å². The molecule has 4 rings (SSSR count). The quantitative estimate of drug-likeness (QED) is 0.580. The zero-order valence-electron chi connectivity index (χ0n) is 16.5. The lowest BCUT2D eigenvalue weighted by Gasteiger charge is -2.14. The highest BCUT2D eigenvalue weighted by Crippen LogP contribution is 2.44. The van der Waals surface area contributed by atoms with Crippen LogP contribution in [0.2, 0.25) is 0 Å². The molecule has 1 aliphatic rings. The van der Waals surface area contributed by atoms with Crippen LogP contribution in [0.25, 0.3) is 11.1 Å². The average Bonchev–Trinajstić information content (AvgIpc) is 3.09. The van der Waals surface area contributed by atoms with E-state index in [1.165, 1.54) is 12.1 Å². The number of ether oxygens (including phenoxy) is 2. The second-order valence-electron chi connectivity index (χ2n) is 6.89. The van der Waals surface area contributed by atoms with Crippen molar-refractivity contribution in [2.24, 2.45) is 0 Å². The molecule has 1 amide bonds. The smallest absolute Gasteiger partial charge is 0.407 e. The molecule has 3 aromatic rings. The van der Waals surface area contributed by atoms with E-state index in [-0.39, 0.29) is 24.8 Å². The summed E-state index contributed by atoms with van der Waals surface area (Å²) in [6.45, 7) is -2.60. The Kier molecular flexibility index (Phi) is 6.13. The third kappa shape index (κ3) is 4.84. The molecule has 0 saturated carbocycles. The van der Waals surface area contributed by atoms with Gasteiger partial charge in [-0.05, 0) is 40.5 Å². The number of fused-ring (bicyclic) bond motifs is 3. The maximum Gasteiger partial charge on any atom is 0.407 e. The third-order valence-electron chi connectivity index (χ3n) is 4.96. The Morgan fingerprint density at radius 2 is 1.65 bits per heavy atom. The van der Waals surface area contributed by atoms with Crippen molar-refractivity contribution in [3.63, 3.8) is 0 Å². The molecule has 0 saturated heterocycles. The van der Waals surface area contributed by atoms with E-state index in [0.717, 1.165) is 22.3 Å². The van der Waals surface area contributed by atoms with E-state index < -0.39 is 12.7 Å². The number of carbonyl (C=O) groups is 1. The highest BCUT2D eigenvalue weighted by molar-refractivity contribution is 5.79. The number of hydrogen-bond acceptors (Lipinski definition) is 3. The lowest BCUT2D eigenvalue weighted by atomic mass is 9.98. The molecule has 1 aliphatic carbocycles. The summed E-state index contributed by atoms with van der Waals surface area (Å²) in [7, 11) is 0. The van der Waals surface area contributed by atoms with Crippen LogP contribution in [0.4, 0.5) is 13.6 Å². The predicted octanol–water partition coefficient (Wildman–Crippen LogP) is 5.18. The Balaban J connectivity index is 1.32. The number of hydrogen-bond donors (Lipinski definition) is 1. The first-order chi connectivity index (χ1) is 15.1. The van der Waals surface area contributed by atoms with E-state index >= 15 is 0 Å². The van der Waals surface area contributed by atoms with Crippen LogP contribution >= 0.6 is 0 Å². The lowest BCUT2D eigenvalue weighted by molar-refractivity contribution is -0.0498. The van der Waals surface area contributed by atoms with Crippen LogP contribution in [0.15, 0.2) is 72.8 Å². The minimum Gasteiger partial charge on any atom is -0.449 e. The SMILES string of the molecule is O=C(NCC#Cc1cccc(OC(F)F)c1)OCC1c2ccccc2-c2ccccc21. The van der Waals surface area contributed by atoms with Crippen LogP contribution < -0.4 is 10.1 Å². The predicted molar refractivity (Wildman–Crippen MR) is 113 cm³/mol. The fraction of sp³-hybridized carbons (Fsp3) is 0.160. The summed E-state index contributed by atoms with van der Waals surface area (Å²) in [5, 5.41) is 2.59. The minimum atomic E-state index is -2.89. The van der Waals surface area contributed by atoms with Gasteiger partial charge in [0.2, 0.25) is 0 Å². The molecule has 0 aliphatic heterocycles. The highest BCUT2D eigenvalue weighted by Gasteiger charge is 2.28. The van der Waals surface area contributed by atoms with Gasteiger partial charge in [0.1, 0.15) is 12.4 Å². The normalized spacial score (nSPS) is 11.8. The molecular formula is C25H19F2NO3. The third-order valence-corrected chi connectivity index (χ3v) is 4.96. The van der Waals surface area contributed by atoms with Gasteiger partial charge < -0.3 is 14.8 Å². The van der Waals surface area contributed by atoms with Crippen molar-refractivity contribution >= 4 is 6.09 Å². The number of rotatable bonds is 5. The van der Waals surface area contributed by atoms with E-state index in [9.17, 15) is 13.6 Å². The van der Waals surface area contributed by atoms with Gasteiger partial charge in [0.15, 0.2) is 0 Å². The average molecular weight is 419 g/mol. The minimum absolute atomic E-state index is 0.0122. The van der Waals surface area contributed by atoms with Gasteiger partial charge in [-0.15, -0.1) is 0 Å². The van der Waals surface area contributed by atoms with Crippen LogP contribution in [-0.2, 0) is 4.74 Å². The number of halogens is 2. The first kappa shape index (κ1) is 20.4. The second kappa shape index (κ2) is 9.31. The van der Waals surface area contributed by atoms with Gasteiger partial charge >= 0.3 is 12.7 Å². The van der Waals surface area contributed by atoms with Crippen molar-refractivity contribution in [2.45, 2.75) is 12.5 Å². The summed E-state index contributed by atoms with van der Waals surface area (Å²) in [5.74, 6) is 5.58.